The number of methoxy groups -OCH3 is 2. The highest BCUT2D eigenvalue weighted by Crippen LogP contribution is 2.33. The molecule has 1 heterocycles. The number of carbonyl (C=O) groups excluding carboxylic acids is 4. The van der Waals surface area contributed by atoms with E-state index in [9.17, 15) is 32.3 Å². The second-order valence-electron chi connectivity index (χ2n) is 7.22. The minimum Gasteiger partial charge on any atom is -0.465 e. The maximum atomic E-state index is 13.0. The molecule has 0 aromatic heterocycles. The van der Waals surface area contributed by atoms with Gasteiger partial charge < -0.3 is 19.7 Å². The molecule has 1 unspecified atom stereocenters. The molecule has 1 aliphatic rings. The maximum Gasteiger partial charge on any atom is 0.416 e. The molecule has 1 aliphatic heterocycles. The molecule has 1 N–H and O–H groups in total. The fraction of sp³-hybridized carbons (Fsp3) is 0.273. The van der Waals surface area contributed by atoms with Crippen molar-refractivity contribution in [2.75, 3.05) is 31.0 Å². The molecule has 0 saturated carbocycles. The van der Waals surface area contributed by atoms with Crippen molar-refractivity contribution >= 4 is 35.1 Å². The molecule has 1 saturated heterocycles. The van der Waals surface area contributed by atoms with Gasteiger partial charge in [0.1, 0.15) is 0 Å². The predicted molar refractivity (Wildman–Crippen MR) is 110 cm³/mol. The Labute approximate surface area is 186 Å². The van der Waals surface area contributed by atoms with E-state index >= 15 is 0 Å². The molecule has 0 spiro atoms. The Balaban J connectivity index is 1.80. The van der Waals surface area contributed by atoms with Crippen molar-refractivity contribution in [1.29, 1.82) is 0 Å². The van der Waals surface area contributed by atoms with Gasteiger partial charge in [0.05, 0.1) is 36.8 Å². The third-order valence-electron chi connectivity index (χ3n) is 5.02. The van der Waals surface area contributed by atoms with Crippen molar-refractivity contribution in [3.05, 3.63) is 59.2 Å². The number of benzene rings is 2. The van der Waals surface area contributed by atoms with Crippen LogP contribution in [0.5, 0.6) is 0 Å². The van der Waals surface area contributed by atoms with Crippen LogP contribution in [-0.4, -0.2) is 44.5 Å². The highest BCUT2D eigenvalue weighted by molar-refractivity contribution is 6.04. The molecule has 0 aliphatic carbocycles. The van der Waals surface area contributed by atoms with Gasteiger partial charge in [-0.1, -0.05) is 6.07 Å². The summed E-state index contributed by atoms with van der Waals surface area (Å²) in [4.78, 5) is 50.1. The number of halogens is 3. The summed E-state index contributed by atoms with van der Waals surface area (Å²) in [5, 5.41) is 2.54. The molecule has 0 radical (unpaired) electrons. The van der Waals surface area contributed by atoms with Gasteiger partial charge in [0, 0.05) is 24.3 Å². The summed E-state index contributed by atoms with van der Waals surface area (Å²) < 4.78 is 48.3. The molecule has 2 aromatic rings. The normalized spacial score (nSPS) is 15.8. The molecular weight excluding hydrogens is 445 g/mol. The summed E-state index contributed by atoms with van der Waals surface area (Å²) in [5.41, 5.74) is -0.803. The standard InChI is InChI=1S/C22H19F3N2O6/c1-32-20(30)12-6-13(21(31)33-2)8-16(7-12)26-19(29)14-9-18(28)27(11-14)17-5-3-4-15(10-17)22(23,24)25/h3-8,10,14H,9,11H2,1-2H3,(H,26,29). The molecule has 1 fully saturated rings. The van der Waals surface area contributed by atoms with Gasteiger partial charge in [0.2, 0.25) is 11.8 Å². The lowest BCUT2D eigenvalue weighted by atomic mass is 10.1. The first kappa shape index (κ1) is 23.8. The molecule has 0 bridgehead atoms. The SMILES string of the molecule is COC(=O)c1cc(NC(=O)C2CC(=O)N(c3cccc(C(F)(F)F)c3)C2)cc(C(=O)OC)c1. The molecule has 2 amide bonds. The second-order valence-corrected chi connectivity index (χ2v) is 7.22. The molecule has 33 heavy (non-hydrogen) atoms. The number of esters is 2. The quantitative estimate of drug-likeness (QED) is 0.682. The van der Waals surface area contributed by atoms with Gasteiger partial charge in [0.15, 0.2) is 0 Å². The van der Waals surface area contributed by atoms with Crippen LogP contribution < -0.4 is 10.2 Å². The lowest BCUT2D eigenvalue weighted by molar-refractivity contribution is -0.137. The van der Waals surface area contributed by atoms with E-state index in [0.29, 0.717) is 0 Å². The Bertz CT molecular complexity index is 1080. The zero-order valence-corrected chi connectivity index (χ0v) is 17.6. The van der Waals surface area contributed by atoms with Crippen LogP contribution in [0.25, 0.3) is 0 Å². The monoisotopic (exact) mass is 464 g/mol. The minimum absolute atomic E-state index is 0.0104. The number of rotatable bonds is 5. The first-order chi connectivity index (χ1) is 15.5. The number of alkyl halides is 3. The van der Waals surface area contributed by atoms with Gasteiger partial charge in [-0.3, -0.25) is 9.59 Å². The summed E-state index contributed by atoms with van der Waals surface area (Å²) in [6.45, 7) is -0.132. The van der Waals surface area contributed by atoms with Gasteiger partial charge in [-0.15, -0.1) is 0 Å². The van der Waals surface area contributed by atoms with Crippen LogP contribution in [0.15, 0.2) is 42.5 Å². The zero-order valence-electron chi connectivity index (χ0n) is 17.6. The van der Waals surface area contributed by atoms with Crippen LogP contribution >= 0.6 is 0 Å². The average Bonchev–Trinajstić information content (AvgIpc) is 3.19. The van der Waals surface area contributed by atoms with Crippen molar-refractivity contribution < 1.29 is 41.8 Å². The molecule has 3 rings (SSSR count). The number of ether oxygens (including phenoxy) is 2. The summed E-state index contributed by atoms with van der Waals surface area (Å²) >= 11 is 0. The van der Waals surface area contributed by atoms with Crippen LogP contribution in [0, 0.1) is 5.92 Å². The number of nitrogens with zero attached hydrogens (tertiary/aromatic N) is 1. The van der Waals surface area contributed by atoms with Crippen molar-refractivity contribution in [2.45, 2.75) is 12.6 Å². The van der Waals surface area contributed by atoms with Crippen molar-refractivity contribution in [1.82, 2.24) is 0 Å². The number of carbonyl (C=O) groups is 4. The molecular formula is C22H19F3N2O6. The maximum absolute atomic E-state index is 13.0. The van der Waals surface area contributed by atoms with Crippen LogP contribution in [0.3, 0.4) is 0 Å². The lowest BCUT2D eigenvalue weighted by Gasteiger charge is -2.18. The van der Waals surface area contributed by atoms with Gasteiger partial charge in [-0.2, -0.15) is 13.2 Å². The molecule has 11 heteroatoms. The van der Waals surface area contributed by atoms with Crippen LogP contribution in [0.2, 0.25) is 0 Å². The number of hydrogen-bond donors (Lipinski definition) is 1. The first-order valence-corrected chi connectivity index (χ1v) is 9.63. The Hall–Kier alpha value is -3.89. The third-order valence-corrected chi connectivity index (χ3v) is 5.02. The van der Waals surface area contributed by atoms with Crippen LogP contribution in [0.4, 0.5) is 24.5 Å². The Kier molecular flexibility index (Phi) is 6.70. The van der Waals surface area contributed by atoms with E-state index in [1.807, 2.05) is 0 Å². The molecule has 2 aromatic carbocycles. The van der Waals surface area contributed by atoms with Crippen molar-refractivity contribution in [3.8, 4) is 0 Å². The molecule has 8 nitrogen and oxygen atoms in total. The van der Waals surface area contributed by atoms with Crippen LogP contribution in [-0.2, 0) is 25.2 Å². The van der Waals surface area contributed by atoms with Crippen molar-refractivity contribution in [2.24, 2.45) is 5.92 Å². The summed E-state index contributed by atoms with van der Waals surface area (Å²) in [6, 6.07) is 8.10. The number of hydrogen-bond acceptors (Lipinski definition) is 6. The topological polar surface area (TPSA) is 102 Å². The third kappa shape index (κ3) is 5.30. The van der Waals surface area contributed by atoms with E-state index in [1.54, 1.807) is 0 Å². The first-order valence-electron chi connectivity index (χ1n) is 9.63. The van der Waals surface area contributed by atoms with E-state index in [2.05, 4.69) is 14.8 Å². The second kappa shape index (κ2) is 9.31. The number of amides is 2. The van der Waals surface area contributed by atoms with E-state index in [-0.39, 0.29) is 35.5 Å². The fourth-order valence-electron chi connectivity index (χ4n) is 3.40. The molecule has 174 valence electrons. The van der Waals surface area contributed by atoms with Crippen molar-refractivity contribution in [3.63, 3.8) is 0 Å². The predicted octanol–water partition coefficient (Wildman–Crippen LogP) is 3.27. The minimum atomic E-state index is -4.57. The highest BCUT2D eigenvalue weighted by atomic mass is 19.4. The Morgan fingerprint density at radius 2 is 1.61 bits per heavy atom. The van der Waals surface area contributed by atoms with E-state index in [4.69, 9.17) is 0 Å². The fourth-order valence-corrected chi connectivity index (χ4v) is 3.40. The highest BCUT2D eigenvalue weighted by Gasteiger charge is 2.37. The smallest absolute Gasteiger partial charge is 0.416 e. The average molecular weight is 464 g/mol. The van der Waals surface area contributed by atoms with Gasteiger partial charge >= 0.3 is 18.1 Å². The largest absolute Gasteiger partial charge is 0.465 e. The molecule has 1 atom stereocenters. The van der Waals surface area contributed by atoms with Gasteiger partial charge in [-0.05, 0) is 36.4 Å². The van der Waals surface area contributed by atoms with E-state index in [0.717, 1.165) is 31.3 Å². The van der Waals surface area contributed by atoms with Gasteiger partial charge in [0.25, 0.3) is 0 Å². The van der Waals surface area contributed by atoms with Crippen LogP contribution in [0.1, 0.15) is 32.7 Å². The van der Waals surface area contributed by atoms with E-state index < -0.39 is 41.4 Å². The Morgan fingerprint density at radius 3 is 2.15 bits per heavy atom. The summed E-state index contributed by atoms with van der Waals surface area (Å²) in [7, 11) is 2.30. The van der Waals surface area contributed by atoms with Gasteiger partial charge in [-0.25, -0.2) is 9.59 Å². The summed E-state index contributed by atoms with van der Waals surface area (Å²) in [6.07, 6.45) is -4.79. The lowest BCUT2D eigenvalue weighted by Crippen LogP contribution is -2.28. The zero-order chi connectivity index (χ0) is 24.3. The number of nitrogens with one attached hydrogen (secondary N) is 1. The van der Waals surface area contributed by atoms with E-state index in [1.165, 1.54) is 30.3 Å². The summed E-state index contributed by atoms with van der Waals surface area (Å²) in [5.74, 6) is -3.47. The number of anilines is 2. The Morgan fingerprint density at radius 1 is 1.00 bits per heavy atom.